The van der Waals surface area contributed by atoms with Crippen molar-refractivity contribution in [2.45, 2.75) is 37.8 Å². The molecule has 3 aromatic rings. The Morgan fingerprint density at radius 3 is 2.33 bits per heavy atom. The van der Waals surface area contributed by atoms with Gasteiger partial charge in [-0.15, -0.1) is 0 Å². The average Bonchev–Trinajstić information content (AvgIpc) is 3.64. The molecule has 3 unspecified atom stereocenters. The molecular formula is C28H22ClF6NO3. The normalized spacial score (nSPS) is 17.7. The molecule has 0 spiro atoms. The number of pyridine rings is 1. The van der Waals surface area contributed by atoms with Gasteiger partial charge in [0.25, 0.3) is 6.43 Å². The first-order chi connectivity index (χ1) is 18.3. The molecule has 1 heterocycles. The number of aliphatic hydroxyl groups excluding tert-OH is 1. The summed E-state index contributed by atoms with van der Waals surface area (Å²) in [6.07, 6.45) is -7.34. The largest absolute Gasteiger partial charge is 0.618 e. The lowest BCUT2D eigenvalue weighted by Crippen LogP contribution is -2.36. The number of Topliss-reactive ketones (excluding diaryl/α,β-unsaturated/α-hetero) is 1. The number of ketones is 1. The second kappa shape index (κ2) is 10.9. The summed E-state index contributed by atoms with van der Waals surface area (Å²) in [5, 5.41) is 22.1. The van der Waals surface area contributed by atoms with E-state index in [4.69, 9.17) is 11.6 Å². The van der Waals surface area contributed by atoms with Crippen LogP contribution in [0, 0.1) is 22.9 Å². The zero-order chi connectivity index (χ0) is 28.6. The zero-order valence-electron chi connectivity index (χ0n) is 20.2. The number of rotatable bonds is 9. The summed E-state index contributed by atoms with van der Waals surface area (Å²) in [4.78, 5) is 13.3. The molecule has 1 N–H and O–H groups in total. The highest BCUT2D eigenvalue weighted by Gasteiger charge is 2.56. The molecule has 1 aliphatic rings. The summed E-state index contributed by atoms with van der Waals surface area (Å²) in [6.45, 7) is 3.40. The smallest absolute Gasteiger partial charge is 0.392 e. The highest BCUT2D eigenvalue weighted by molar-refractivity contribution is 6.31. The predicted molar refractivity (Wildman–Crippen MR) is 133 cm³/mol. The molecule has 0 bridgehead atoms. The van der Waals surface area contributed by atoms with Crippen molar-refractivity contribution >= 4 is 23.1 Å². The highest BCUT2D eigenvalue weighted by Crippen LogP contribution is 2.54. The van der Waals surface area contributed by atoms with Crippen LogP contribution in [0.25, 0.3) is 16.9 Å². The number of hydrogen-bond acceptors (Lipinski definition) is 3. The molecule has 11 heteroatoms. The van der Waals surface area contributed by atoms with Gasteiger partial charge < -0.3 is 10.3 Å². The standard InChI is InChI=1S/C28H22ClF6NO3/c1-14(37)16-4-2-15(3-5-16)10-24(38)20(11-18-12-21(18)28(33,34)35)23-9-6-17(13-36(23)39)25-19(27(31)32)7-8-22(29)26(25)30/h2-9,13,18,20-21,27,37H,1,10-12H2. The van der Waals surface area contributed by atoms with E-state index in [9.17, 15) is 41.5 Å². The van der Waals surface area contributed by atoms with Gasteiger partial charge in [0.2, 0.25) is 5.69 Å². The lowest BCUT2D eigenvalue weighted by molar-refractivity contribution is -0.614. The fourth-order valence-electron chi connectivity index (χ4n) is 4.72. The van der Waals surface area contributed by atoms with E-state index in [0.717, 1.165) is 24.4 Å². The number of aliphatic hydroxyl groups is 1. The minimum absolute atomic E-state index is 0.178. The van der Waals surface area contributed by atoms with E-state index in [2.05, 4.69) is 6.58 Å². The van der Waals surface area contributed by atoms with Gasteiger partial charge in [-0.25, -0.2) is 13.2 Å². The van der Waals surface area contributed by atoms with Crippen LogP contribution >= 0.6 is 11.6 Å². The van der Waals surface area contributed by atoms with Gasteiger partial charge in [0.1, 0.15) is 17.5 Å². The van der Waals surface area contributed by atoms with Crippen LogP contribution in [0.4, 0.5) is 26.3 Å². The fraction of sp³-hybridized carbons (Fsp3) is 0.286. The van der Waals surface area contributed by atoms with Gasteiger partial charge in [0.15, 0.2) is 12.0 Å². The second-order valence-electron chi connectivity index (χ2n) is 9.51. The van der Waals surface area contributed by atoms with Crippen molar-refractivity contribution in [3.63, 3.8) is 0 Å². The molecular weight excluding hydrogens is 548 g/mol. The SMILES string of the molecule is C=C(O)c1ccc(CC(=O)C(CC2CC2C(F)(F)F)c2ccc(-c3c(C(F)F)ccc(Cl)c3F)c[n+]2[O-])cc1. The highest BCUT2D eigenvalue weighted by atomic mass is 35.5. The van der Waals surface area contributed by atoms with E-state index in [-0.39, 0.29) is 41.0 Å². The van der Waals surface area contributed by atoms with Crippen molar-refractivity contribution in [1.29, 1.82) is 0 Å². The number of halogens is 7. The molecule has 0 amide bonds. The Labute approximate surface area is 224 Å². The third-order valence-electron chi connectivity index (χ3n) is 6.89. The van der Waals surface area contributed by atoms with Gasteiger partial charge in [-0.1, -0.05) is 48.5 Å². The van der Waals surface area contributed by atoms with Crippen LogP contribution in [0.2, 0.25) is 5.02 Å². The third kappa shape index (κ3) is 6.21. The van der Waals surface area contributed by atoms with Crippen LogP contribution in [-0.2, 0) is 11.2 Å². The van der Waals surface area contributed by atoms with Crippen LogP contribution in [0.15, 0.2) is 61.3 Å². The molecule has 1 aromatic heterocycles. The van der Waals surface area contributed by atoms with Gasteiger partial charge >= 0.3 is 6.18 Å². The number of alkyl halides is 5. The van der Waals surface area contributed by atoms with Crippen LogP contribution in [-0.4, -0.2) is 17.1 Å². The number of hydrogen-bond donors (Lipinski definition) is 1. The molecule has 4 nitrogen and oxygen atoms in total. The topological polar surface area (TPSA) is 64.2 Å². The Morgan fingerprint density at radius 1 is 1.13 bits per heavy atom. The molecule has 3 atom stereocenters. The summed E-state index contributed by atoms with van der Waals surface area (Å²) in [5.41, 5.74) is -0.778. The van der Waals surface area contributed by atoms with Crippen LogP contribution in [0.1, 0.15) is 47.6 Å². The predicted octanol–water partition coefficient (Wildman–Crippen LogP) is 7.73. The van der Waals surface area contributed by atoms with Crippen molar-refractivity contribution < 1.29 is 41.0 Å². The Bertz CT molecular complexity index is 1410. The number of carbonyl (C=O) groups is 1. The Morgan fingerprint density at radius 2 is 1.79 bits per heavy atom. The van der Waals surface area contributed by atoms with Crippen LogP contribution in [0.5, 0.6) is 0 Å². The van der Waals surface area contributed by atoms with E-state index >= 15 is 0 Å². The molecule has 2 aromatic carbocycles. The fourth-order valence-corrected chi connectivity index (χ4v) is 4.88. The van der Waals surface area contributed by atoms with Crippen molar-refractivity contribution in [3.8, 4) is 11.1 Å². The number of aromatic nitrogens is 1. The van der Waals surface area contributed by atoms with E-state index in [1.807, 2.05) is 0 Å². The summed E-state index contributed by atoms with van der Waals surface area (Å²) < 4.78 is 81.6. The Kier molecular flexibility index (Phi) is 7.97. The molecule has 4 rings (SSSR count). The van der Waals surface area contributed by atoms with E-state index < -0.39 is 58.1 Å². The summed E-state index contributed by atoms with van der Waals surface area (Å²) in [5.74, 6) is -5.56. The molecule has 0 radical (unpaired) electrons. The molecule has 1 fully saturated rings. The van der Waals surface area contributed by atoms with E-state index in [1.165, 1.54) is 18.2 Å². The zero-order valence-corrected chi connectivity index (χ0v) is 20.9. The maximum absolute atomic E-state index is 14.7. The van der Waals surface area contributed by atoms with E-state index in [1.54, 1.807) is 12.1 Å². The first kappa shape index (κ1) is 28.5. The number of carbonyl (C=O) groups excluding carboxylic acids is 1. The minimum atomic E-state index is -4.44. The Balaban J connectivity index is 1.68. The van der Waals surface area contributed by atoms with Gasteiger partial charge in [0.05, 0.1) is 16.5 Å². The lowest BCUT2D eigenvalue weighted by Gasteiger charge is -2.18. The maximum Gasteiger partial charge on any atom is 0.392 e. The van der Waals surface area contributed by atoms with Gasteiger partial charge in [-0.05, 0) is 36.5 Å². The lowest BCUT2D eigenvalue weighted by atomic mass is 9.88. The molecule has 0 saturated heterocycles. The average molecular weight is 570 g/mol. The summed E-state index contributed by atoms with van der Waals surface area (Å²) in [6, 6.07) is 10.3. The molecule has 206 valence electrons. The summed E-state index contributed by atoms with van der Waals surface area (Å²) >= 11 is 5.76. The Hall–Kier alpha value is -3.53. The van der Waals surface area contributed by atoms with Gasteiger partial charge in [-0.2, -0.15) is 17.9 Å². The van der Waals surface area contributed by atoms with Crippen molar-refractivity contribution in [2.75, 3.05) is 0 Å². The second-order valence-corrected chi connectivity index (χ2v) is 9.92. The molecule has 1 aliphatic carbocycles. The summed E-state index contributed by atoms with van der Waals surface area (Å²) in [7, 11) is 0. The van der Waals surface area contributed by atoms with Crippen LogP contribution in [0.3, 0.4) is 0 Å². The first-order valence-corrected chi connectivity index (χ1v) is 12.2. The van der Waals surface area contributed by atoms with E-state index in [0.29, 0.717) is 11.1 Å². The maximum atomic E-state index is 14.7. The quantitative estimate of drug-likeness (QED) is 0.124. The van der Waals surface area contributed by atoms with Crippen molar-refractivity contribution in [3.05, 3.63) is 99.7 Å². The molecule has 0 aliphatic heterocycles. The van der Waals surface area contributed by atoms with Gasteiger partial charge in [-0.3, -0.25) is 4.79 Å². The van der Waals surface area contributed by atoms with Crippen molar-refractivity contribution in [1.82, 2.24) is 0 Å². The van der Waals surface area contributed by atoms with Crippen LogP contribution < -0.4 is 4.73 Å². The monoisotopic (exact) mass is 569 g/mol. The molecule has 1 saturated carbocycles. The third-order valence-corrected chi connectivity index (χ3v) is 7.18. The van der Waals surface area contributed by atoms with Gasteiger partial charge in [0, 0.05) is 29.2 Å². The first-order valence-electron chi connectivity index (χ1n) is 11.8. The molecule has 39 heavy (non-hydrogen) atoms. The van der Waals surface area contributed by atoms with Crippen molar-refractivity contribution in [2.24, 2.45) is 11.8 Å². The minimum Gasteiger partial charge on any atom is -0.618 e. The number of benzene rings is 2. The number of nitrogens with zero attached hydrogens (tertiary/aromatic N) is 1.